The molecule has 2 heterocycles. The Morgan fingerprint density at radius 1 is 0.900 bits per heavy atom. The van der Waals surface area contributed by atoms with Crippen molar-refractivity contribution in [3.8, 4) is 5.75 Å². The fourth-order valence-electron chi connectivity index (χ4n) is 3.40. The number of ether oxygens (including phenoxy) is 1. The van der Waals surface area contributed by atoms with Gasteiger partial charge < -0.3 is 4.74 Å². The van der Waals surface area contributed by atoms with Crippen LogP contribution in [0.3, 0.4) is 0 Å². The van der Waals surface area contributed by atoms with Crippen LogP contribution in [-0.2, 0) is 6.18 Å². The molecule has 0 aliphatic carbocycles. The Balaban J connectivity index is 1.38. The normalized spacial score (nSPS) is 13.8. The number of rotatable bonds is 6. The molecule has 2 amide bonds. The quantitative estimate of drug-likeness (QED) is 0.433. The number of halogens is 3. The summed E-state index contributed by atoms with van der Waals surface area (Å²) in [4.78, 5) is 29.5. The maximum absolute atomic E-state index is 13.1. The molecule has 0 N–H and O–H groups in total. The monoisotopic (exact) mass is 414 g/mol. The highest BCUT2D eigenvalue weighted by Gasteiger charge is 2.35. The summed E-state index contributed by atoms with van der Waals surface area (Å²) in [5, 5.41) is 0.492. The molecular weight excluding hydrogens is 397 g/mol. The van der Waals surface area contributed by atoms with E-state index in [0.717, 1.165) is 6.07 Å². The predicted octanol–water partition coefficient (Wildman–Crippen LogP) is 4.71. The van der Waals surface area contributed by atoms with Crippen LogP contribution in [0.15, 0.2) is 54.6 Å². The Kier molecular flexibility index (Phi) is 5.15. The van der Waals surface area contributed by atoms with E-state index in [-0.39, 0.29) is 36.2 Å². The first-order valence-electron chi connectivity index (χ1n) is 9.41. The maximum atomic E-state index is 13.1. The molecule has 8 heteroatoms. The molecule has 0 radical (unpaired) electrons. The molecule has 3 aromatic rings. The average Bonchev–Trinajstić information content (AvgIpc) is 2.97. The van der Waals surface area contributed by atoms with Gasteiger partial charge >= 0.3 is 6.18 Å². The lowest BCUT2D eigenvalue weighted by atomic mass is 10.1. The van der Waals surface area contributed by atoms with Crippen molar-refractivity contribution in [2.45, 2.75) is 19.0 Å². The van der Waals surface area contributed by atoms with Gasteiger partial charge in [0.15, 0.2) is 0 Å². The molecule has 1 aliphatic heterocycles. The number of imide groups is 1. The number of pyridine rings is 1. The summed E-state index contributed by atoms with van der Waals surface area (Å²) in [6, 6.07) is 14.0. The molecular formula is C22H17F3N2O3. The second-order valence-corrected chi connectivity index (χ2v) is 6.88. The molecule has 154 valence electrons. The lowest BCUT2D eigenvalue weighted by Gasteiger charge is -2.15. The fourth-order valence-corrected chi connectivity index (χ4v) is 3.40. The number of fused-ring (bicyclic) bond motifs is 2. The van der Waals surface area contributed by atoms with Gasteiger partial charge in [0, 0.05) is 18.0 Å². The van der Waals surface area contributed by atoms with Gasteiger partial charge in [-0.1, -0.05) is 24.3 Å². The number of amides is 2. The van der Waals surface area contributed by atoms with Crippen molar-refractivity contribution in [1.29, 1.82) is 0 Å². The van der Waals surface area contributed by atoms with E-state index in [1.54, 1.807) is 42.5 Å². The lowest BCUT2D eigenvalue weighted by molar-refractivity contribution is -0.141. The van der Waals surface area contributed by atoms with Gasteiger partial charge in [-0.25, -0.2) is 4.98 Å². The number of hydrogen-bond acceptors (Lipinski definition) is 4. The number of hydrogen-bond donors (Lipinski definition) is 0. The highest BCUT2D eigenvalue weighted by Crippen LogP contribution is 2.34. The molecule has 5 nitrogen and oxygen atoms in total. The Morgan fingerprint density at radius 3 is 2.20 bits per heavy atom. The van der Waals surface area contributed by atoms with E-state index in [0.29, 0.717) is 29.4 Å². The highest BCUT2D eigenvalue weighted by atomic mass is 19.4. The number of para-hydroxylation sites is 1. The first-order valence-corrected chi connectivity index (χ1v) is 9.41. The van der Waals surface area contributed by atoms with Crippen molar-refractivity contribution >= 4 is 22.7 Å². The van der Waals surface area contributed by atoms with Crippen LogP contribution in [0.4, 0.5) is 13.2 Å². The summed E-state index contributed by atoms with van der Waals surface area (Å²) in [5.74, 6) is -0.549. The second kappa shape index (κ2) is 7.78. The van der Waals surface area contributed by atoms with Crippen LogP contribution in [0.25, 0.3) is 10.9 Å². The molecule has 0 saturated carbocycles. The number of nitrogens with zero attached hydrogens (tertiary/aromatic N) is 2. The molecule has 1 aliphatic rings. The first kappa shape index (κ1) is 19.9. The standard InChI is InChI=1S/C22H17F3N2O3/c23-22(24,25)19-13-18(16-9-3-4-10-17(16)26-19)30-12-6-5-11-27-20(28)14-7-1-2-8-15(14)21(27)29/h1-4,7-10,13H,5-6,11-12H2. The van der Waals surface area contributed by atoms with Crippen LogP contribution in [0.5, 0.6) is 5.75 Å². The minimum absolute atomic E-state index is 0.105. The van der Waals surface area contributed by atoms with Crippen molar-refractivity contribution in [2.75, 3.05) is 13.2 Å². The maximum Gasteiger partial charge on any atom is 0.433 e. The van der Waals surface area contributed by atoms with Crippen molar-refractivity contribution in [2.24, 2.45) is 0 Å². The smallest absolute Gasteiger partial charge is 0.433 e. The van der Waals surface area contributed by atoms with Crippen molar-refractivity contribution < 1.29 is 27.5 Å². The summed E-state index contributed by atoms with van der Waals surface area (Å²) >= 11 is 0. The molecule has 0 fully saturated rings. The van der Waals surface area contributed by atoms with E-state index in [2.05, 4.69) is 4.98 Å². The van der Waals surface area contributed by atoms with Gasteiger partial charge in [-0.3, -0.25) is 14.5 Å². The highest BCUT2D eigenvalue weighted by molar-refractivity contribution is 6.21. The van der Waals surface area contributed by atoms with E-state index in [1.165, 1.54) is 11.0 Å². The van der Waals surface area contributed by atoms with Gasteiger partial charge in [-0.15, -0.1) is 0 Å². The van der Waals surface area contributed by atoms with Gasteiger partial charge in [-0.05, 0) is 37.1 Å². The van der Waals surface area contributed by atoms with Crippen LogP contribution in [-0.4, -0.2) is 34.8 Å². The third kappa shape index (κ3) is 3.72. The van der Waals surface area contributed by atoms with Crippen LogP contribution in [0, 0.1) is 0 Å². The zero-order valence-electron chi connectivity index (χ0n) is 15.8. The zero-order chi connectivity index (χ0) is 21.3. The van der Waals surface area contributed by atoms with Gasteiger partial charge in [0.1, 0.15) is 11.4 Å². The van der Waals surface area contributed by atoms with Crippen LogP contribution in [0.1, 0.15) is 39.3 Å². The number of aromatic nitrogens is 1. The number of benzene rings is 2. The third-order valence-corrected chi connectivity index (χ3v) is 4.88. The van der Waals surface area contributed by atoms with E-state index in [4.69, 9.17) is 4.74 Å². The van der Waals surface area contributed by atoms with Crippen LogP contribution >= 0.6 is 0 Å². The Morgan fingerprint density at radius 2 is 1.53 bits per heavy atom. The topological polar surface area (TPSA) is 59.5 Å². The number of alkyl halides is 3. The predicted molar refractivity (Wildman–Crippen MR) is 103 cm³/mol. The van der Waals surface area contributed by atoms with E-state index in [1.807, 2.05) is 0 Å². The average molecular weight is 414 g/mol. The van der Waals surface area contributed by atoms with Crippen molar-refractivity contribution in [1.82, 2.24) is 9.88 Å². The molecule has 1 aromatic heterocycles. The molecule has 30 heavy (non-hydrogen) atoms. The van der Waals surface area contributed by atoms with Gasteiger partial charge in [-0.2, -0.15) is 13.2 Å². The van der Waals surface area contributed by atoms with Gasteiger partial charge in [0.05, 0.1) is 23.3 Å². The Hall–Kier alpha value is -3.42. The summed E-state index contributed by atoms with van der Waals surface area (Å²) in [6.45, 7) is 0.370. The van der Waals surface area contributed by atoms with Gasteiger partial charge in [0.25, 0.3) is 11.8 Å². The summed E-state index contributed by atoms with van der Waals surface area (Å²) in [6.07, 6.45) is -3.64. The summed E-state index contributed by atoms with van der Waals surface area (Å²) in [5.41, 5.74) is -0.0288. The molecule has 0 bridgehead atoms. The number of carbonyl (C=O) groups is 2. The summed E-state index contributed by atoms with van der Waals surface area (Å²) in [7, 11) is 0. The number of carbonyl (C=O) groups excluding carboxylic acids is 2. The second-order valence-electron chi connectivity index (χ2n) is 6.88. The molecule has 2 aromatic carbocycles. The van der Waals surface area contributed by atoms with E-state index < -0.39 is 11.9 Å². The van der Waals surface area contributed by atoms with Gasteiger partial charge in [0.2, 0.25) is 0 Å². The third-order valence-electron chi connectivity index (χ3n) is 4.88. The first-order chi connectivity index (χ1) is 14.4. The van der Waals surface area contributed by atoms with Crippen LogP contribution in [0.2, 0.25) is 0 Å². The molecule has 0 unspecified atom stereocenters. The molecule has 0 saturated heterocycles. The van der Waals surface area contributed by atoms with E-state index in [9.17, 15) is 22.8 Å². The van der Waals surface area contributed by atoms with Crippen molar-refractivity contribution in [3.63, 3.8) is 0 Å². The fraction of sp³-hybridized carbons (Fsp3) is 0.227. The lowest BCUT2D eigenvalue weighted by Crippen LogP contribution is -2.30. The minimum Gasteiger partial charge on any atom is -0.493 e. The van der Waals surface area contributed by atoms with Crippen molar-refractivity contribution in [3.05, 3.63) is 71.4 Å². The SMILES string of the molecule is O=C1c2ccccc2C(=O)N1CCCCOc1cc(C(F)(F)F)nc2ccccc12. The molecule has 0 spiro atoms. The largest absolute Gasteiger partial charge is 0.493 e. The van der Waals surface area contributed by atoms with Crippen LogP contribution < -0.4 is 4.74 Å². The molecule has 0 atom stereocenters. The molecule has 4 rings (SSSR count). The summed E-state index contributed by atoms with van der Waals surface area (Å²) < 4.78 is 44.9. The Bertz CT molecular complexity index is 1090. The van der Waals surface area contributed by atoms with E-state index >= 15 is 0 Å². The number of unbranched alkanes of at least 4 members (excludes halogenated alkanes) is 1. The zero-order valence-corrected chi connectivity index (χ0v) is 15.8. The minimum atomic E-state index is -4.58. The Labute approximate surface area is 170 Å².